The van der Waals surface area contributed by atoms with Crippen LogP contribution in [0.4, 0.5) is 10.5 Å². The third-order valence-corrected chi connectivity index (χ3v) is 11.6. The number of hydrogen-bond donors (Lipinski definition) is 2. The minimum absolute atomic E-state index is 0.0483. The number of amides is 2. The van der Waals surface area contributed by atoms with Gasteiger partial charge in [-0.05, 0) is 84.4 Å². The Morgan fingerprint density at radius 1 is 0.851 bits per heavy atom. The average Bonchev–Trinajstić information content (AvgIpc) is 3.91. The van der Waals surface area contributed by atoms with Gasteiger partial charge in [0.05, 0.1) is 12.2 Å². The van der Waals surface area contributed by atoms with Crippen LogP contribution in [-0.4, -0.2) is 26.6 Å². The topological polar surface area (TPSA) is 97.6 Å². The van der Waals surface area contributed by atoms with Gasteiger partial charge in [0.1, 0.15) is 17.0 Å². The van der Waals surface area contributed by atoms with Gasteiger partial charge in [-0.25, -0.2) is 18.4 Å². The maximum absolute atomic E-state index is 15.8. The highest BCUT2D eigenvalue weighted by molar-refractivity contribution is 7.92. The summed E-state index contributed by atoms with van der Waals surface area (Å²) in [5.74, 6) is 0.358. The number of ether oxygens (including phenoxy) is 1. The van der Waals surface area contributed by atoms with Gasteiger partial charge in [0.25, 0.3) is 0 Å². The summed E-state index contributed by atoms with van der Waals surface area (Å²) in [5, 5.41) is 7.71. The van der Waals surface area contributed by atoms with Gasteiger partial charge < -0.3 is 10.1 Å². The number of carbonyl (C=O) groups excluding carboxylic acids is 1. The zero-order chi connectivity index (χ0) is 32.0. The quantitative estimate of drug-likeness (QED) is 0.181. The van der Waals surface area contributed by atoms with Crippen molar-refractivity contribution in [1.82, 2.24) is 14.5 Å². The first kappa shape index (κ1) is 29.7. The molecule has 0 radical (unpaired) electrons. The fourth-order valence-electron chi connectivity index (χ4n) is 7.54. The van der Waals surface area contributed by atoms with E-state index in [2.05, 4.69) is 25.6 Å². The molecule has 1 unspecified atom stereocenters. The lowest BCUT2D eigenvalue weighted by Crippen LogP contribution is -2.48. The van der Waals surface area contributed by atoms with Gasteiger partial charge >= 0.3 is 6.03 Å². The molecule has 47 heavy (non-hydrogen) atoms. The number of benzene rings is 4. The molecule has 8 rings (SSSR count). The Bertz CT molecular complexity index is 1960. The number of fused-ring (bicyclic) bond motifs is 3. The van der Waals surface area contributed by atoms with Crippen LogP contribution in [0, 0.1) is 0 Å². The molecular formula is C38H37N5O3S. The van der Waals surface area contributed by atoms with Gasteiger partial charge in [-0.2, -0.15) is 5.10 Å². The monoisotopic (exact) mass is 643 g/mol. The Labute approximate surface area is 275 Å². The van der Waals surface area contributed by atoms with Crippen LogP contribution >= 0.6 is 0 Å². The molecule has 2 amide bonds. The van der Waals surface area contributed by atoms with Crippen LogP contribution < -0.4 is 14.8 Å². The summed E-state index contributed by atoms with van der Waals surface area (Å²) in [5.41, 5.74) is 7.19. The van der Waals surface area contributed by atoms with Crippen molar-refractivity contribution in [1.29, 1.82) is 0 Å². The number of rotatable bonds is 7. The van der Waals surface area contributed by atoms with Crippen LogP contribution in [0.3, 0.4) is 0 Å². The Kier molecular flexibility index (Phi) is 7.45. The number of carbonyl (C=O) groups is 1. The van der Waals surface area contributed by atoms with Gasteiger partial charge in [-0.1, -0.05) is 97.1 Å². The Morgan fingerprint density at radius 2 is 1.38 bits per heavy atom. The molecule has 4 aromatic carbocycles. The van der Waals surface area contributed by atoms with Gasteiger partial charge in [-0.15, -0.1) is 4.36 Å². The lowest BCUT2D eigenvalue weighted by Gasteiger charge is -2.37. The number of hydrogen-bond acceptors (Lipinski definition) is 4. The molecule has 0 bridgehead atoms. The van der Waals surface area contributed by atoms with E-state index in [-0.39, 0.29) is 10.9 Å². The first-order valence-corrected chi connectivity index (χ1v) is 17.9. The highest BCUT2D eigenvalue weighted by atomic mass is 32.2. The van der Waals surface area contributed by atoms with E-state index in [1.54, 1.807) is 4.68 Å². The molecule has 1 aromatic heterocycles. The van der Waals surface area contributed by atoms with Crippen molar-refractivity contribution in [3.8, 4) is 5.88 Å². The van der Waals surface area contributed by atoms with E-state index in [1.807, 2.05) is 97.9 Å². The predicted octanol–water partition coefficient (Wildman–Crippen LogP) is 7.37. The summed E-state index contributed by atoms with van der Waals surface area (Å²) < 4.78 is 31.8. The summed E-state index contributed by atoms with van der Waals surface area (Å²) in [4.78, 5) is 14.5. The smallest absolute Gasteiger partial charge is 0.354 e. The predicted molar refractivity (Wildman–Crippen MR) is 183 cm³/mol. The van der Waals surface area contributed by atoms with Crippen molar-refractivity contribution in [3.63, 3.8) is 0 Å². The first-order chi connectivity index (χ1) is 23.0. The summed E-state index contributed by atoms with van der Waals surface area (Å²) in [6.07, 6.45) is 7.48. The first-order valence-electron chi connectivity index (χ1n) is 16.4. The largest absolute Gasteiger partial charge is 0.475 e. The van der Waals surface area contributed by atoms with Crippen molar-refractivity contribution in [2.24, 2.45) is 4.36 Å². The van der Waals surface area contributed by atoms with Gasteiger partial charge in [0.2, 0.25) is 5.88 Å². The number of aromatic nitrogens is 2. The second-order valence-corrected chi connectivity index (χ2v) is 14.5. The normalized spacial score (nSPS) is 17.7. The van der Waals surface area contributed by atoms with Crippen LogP contribution in [0.1, 0.15) is 64.8 Å². The molecular weight excluding hydrogens is 607 g/mol. The van der Waals surface area contributed by atoms with E-state index in [0.717, 1.165) is 60.9 Å². The van der Waals surface area contributed by atoms with E-state index in [1.165, 1.54) is 28.5 Å². The minimum atomic E-state index is -3.77. The lowest BCUT2D eigenvalue weighted by molar-refractivity contribution is 0.260. The van der Waals surface area contributed by atoms with Crippen LogP contribution in [0.5, 0.6) is 5.88 Å². The molecule has 1 aliphatic heterocycles. The summed E-state index contributed by atoms with van der Waals surface area (Å²) in [6, 6.07) is 31.3. The number of anilines is 1. The van der Waals surface area contributed by atoms with Crippen LogP contribution in [0.2, 0.25) is 0 Å². The van der Waals surface area contributed by atoms with Crippen molar-refractivity contribution in [3.05, 3.63) is 142 Å². The Hall–Kier alpha value is -4.73. The summed E-state index contributed by atoms with van der Waals surface area (Å²) in [6.45, 7) is 2.38. The molecule has 238 valence electrons. The van der Waals surface area contributed by atoms with E-state index >= 15 is 4.21 Å². The summed E-state index contributed by atoms with van der Waals surface area (Å²) in [7, 11) is -3.77. The average molecular weight is 644 g/mol. The molecule has 2 N–H and O–H groups in total. The second kappa shape index (κ2) is 11.8. The zero-order valence-electron chi connectivity index (χ0n) is 26.3. The van der Waals surface area contributed by atoms with Gasteiger partial charge in [-0.3, -0.25) is 0 Å². The molecule has 5 aromatic rings. The third kappa shape index (κ3) is 5.05. The molecule has 0 spiro atoms. The molecule has 2 heterocycles. The minimum Gasteiger partial charge on any atom is -0.475 e. The molecule has 9 heteroatoms. The molecule has 0 saturated carbocycles. The molecule has 3 aliphatic rings. The van der Waals surface area contributed by atoms with Crippen molar-refractivity contribution >= 4 is 21.6 Å². The molecule has 2 aliphatic carbocycles. The van der Waals surface area contributed by atoms with Gasteiger partial charge in [0, 0.05) is 5.69 Å². The molecule has 0 fully saturated rings. The Morgan fingerprint density at radius 3 is 1.91 bits per heavy atom. The number of urea groups is 1. The Balaban J connectivity index is 1.34. The number of nitrogens with zero attached hydrogens (tertiary/aromatic N) is 3. The van der Waals surface area contributed by atoms with E-state index in [4.69, 9.17) is 4.74 Å². The van der Waals surface area contributed by atoms with Crippen molar-refractivity contribution in [2.45, 2.75) is 61.9 Å². The van der Waals surface area contributed by atoms with Crippen molar-refractivity contribution in [2.75, 3.05) is 11.9 Å². The van der Waals surface area contributed by atoms with E-state index in [9.17, 15) is 4.79 Å². The van der Waals surface area contributed by atoms with Crippen LogP contribution in [-0.2, 0) is 41.1 Å². The lowest BCUT2D eigenvalue weighted by atomic mass is 9.78. The van der Waals surface area contributed by atoms with E-state index in [0.29, 0.717) is 12.5 Å². The maximum atomic E-state index is 15.8. The third-order valence-electron chi connectivity index (χ3n) is 9.72. The summed E-state index contributed by atoms with van der Waals surface area (Å²) >= 11 is 0. The standard InChI is InChI=1S/C38H37N5O3S/c1-26-25-46-36-34(24-39-43(26)36)47(45,41-37(44)40-35-32-21-11-13-27(32)23-28-14-12-22-33(28)35)42-38(29-15-5-2-6-16-29,30-17-7-3-8-18-30)31-19-9-4-10-20-31/h2-10,15-20,23-24,26H,11-14,21-22,25H2,1H3,(H2,40,41,42,44,45)/t26-,47?/m0/s1. The van der Waals surface area contributed by atoms with E-state index < -0.39 is 21.5 Å². The fraction of sp³-hybridized carbons (Fsp3) is 0.263. The maximum Gasteiger partial charge on any atom is 0.354 e. The fourth-order valence-corrected chi connectivity index (χ4v) is 9.42. The highest BCUT2D eigenvalue weighted by Gasteiger charge is 2.42. The SMILES string of the molecule is C[C@H]1COc2c(S(=O)(=NC(=O)Nc3c4c(cc5c3CCC5)CCC4)NC(c3ccccc3)(c3ccccc3)c3ccccc3)cnn21. The van der Waals surface area contributed by atoms with Crippen molar-refractivity contribution < 1.29 is 13.7 Å². The van der Waals surface area contributed by atoms with Crippen LogP contribution in [0.15, 0.2) is 113 Å². The van der Waals surface area contributed by atoms with Gasteiger partial charge in [0.15, 0.2) is 9.92 Å². The zero-order valence-corrected chi connectivity index (χ0v) is 27.1. The molecule has 2 atom stereocenters. The number of nitrogens with one attached hydrogen (secondary N) is 2. The number of aryl methyl sites for hydroxylation is 2. The highest BCUT2D eigenvalue weighted by Crippen LogP contribution is 2.42. The molecule has 0 saturated heterocycles. The molecule has 8 nitrogen and oxygen atoms in total. The van der Waals surface area contributed by atoms with Crippen LogP contribution in [0.25, 0.3) is 0 Å². The second-order valence-electron chi connectivity index (χ2n) is 12.7.